The van der Waals surface area contributed by atoms with Gasteiger partial charge in [-0.25, -0.2) is 0 Å². The Morgan fingerprint density at radius 1 is 0.972 bits per heavy atom. The van der Waals surface area contributed by atoms with Crippen LogP contribution in [0, 0.1) is 6.92 Å². The number of carbonyl (C=O) groups is 3. The maximum atomic E-state index is 13.0. The molecule has 8 heteroatoms. The number of hydrogen-bond donors (Lipinski definition) is 1. The Hall–Kier alpha value is -4.04. The van der Waals surface area contributed by atoms with E-state index in [1.165, 1.54) is 4.90 Å². The van der Waals surface area contributed by atoms with Gasteiger partial charge in [0, 0.05) is 5.69 Å². The third kappa shape index (κ3) is 6.14. The summed E-state index contributed by atoms with van der Waals surface area (Å²) in [6.45, 7) is 4.23. The predicted octanol–water partition coefficient (Wildman–Crippen LogP) is 5.65. The third-order valence-electron chi connectivity index (χ3n) is 5.44. The molecule has 1 saturated heterocycles. The second kappa shape index (κ2) is 11.6. The molecule has 1 aliphatic rings. The summed E-state index contributed by atoms with van der Waals surface area (Å²) in [7, 11) is 0. The summed E-state index contributed by atoms with van der Waals surface area (Å²) in [5, 5.41) is 2.46. The molecule has 0 radical (unpaired) electrons. The van der Waals surface area contributed by atoms with Gasteiger partial charge in [-0.3, -0.25) is 19.3 Å². The first-order valence-corrected chi connectivity index (χ1v) is 12.3. The van der Waals surface area contributed by atoms with Gasteiger partial charge in [0.05, 0.1) is 18.1 Å². The molecule has 0 aliphatic carbocycles. The van der Waals surface area contributed by atoms with Crippen LogP contribution in [-0.2, 0) is 16.1 Å². The number of nitrogens with one attached hydrogen (secondary N) is 1. The van der Waals surface area contributed by atoms with Crippen molar-refractivity contribution in [3.63, 3.8) is 0 Å². The maximum absolute atomic E-state index is 13.0. The molecule has 0 aromatic heterocycles. The summed E-state index contributed by atoms with van der Waals surface area (Å²) in [4.78, 5) is 39.3. The molecule has 4 rings (SSSR count). The number of amides is 3. The average Bonchev–Trinajstić information content (AvgIpc) is 3.13. The lowest BCUT2D eigenvalue weighted by Gasteiger charge is -2.14. The first kappa shape index (κ1) is 25.1. The quantitative estimate of drug-likeness (QED) is 0.381. The molecule has 0 unspecified atom stereocenters. The summed E-state index contributed by atoms with van der Waals surface area (Å²) >= 11 is 0.914. The van der Waals surface area contributed by atoms with Crippen LogP contribution < -0.4 is 14.8 Å². The Balaban J connectivity index is 1.45. The lowest BCUT2D eigenvalue weighted by molar-refractivity contribution is -0.123. The fourth-order valence-corrected chi connectivity index (χ4v) is 4.45. The number of benzene rings is 3. The third-order valence-corrected chi connectivity index (χ3v) is 6.35. The smallest absolute Gasteiger partial charge is 0.293 e. The van der Waals surface area contributed by atoms with E-state index in [2.05, 4.69) is 5.32 Å². The number of para-hydroxylation sites is 1. The lowest BCUT2D eigenvalue weighted by atomic mass is 10.1. The fourth-order valence-electron chi connectivity index (χ4n) is 3.61. The second-order valence-electron chi connectivity index (χ2n) is 8.04. The molecule has 1 heterocycles. The SMILES string of the molecule is CCOc1cc(/C=C2\SC(=O)N(Cc3ccccc3C)C2=O)ccc1OCC(=O)Nc1ccccc1. The molecule has 1 fully saturated rings. The van der Waals surface area contributed by atoms with Crippen molar-refractivity contribution >= 4 is 40.6 Å². The van der Waals surface area contributed by atoms with E-state index in [4.69, 9.17) is 9.47 Å². The normalized spacial score (nSPS) is 14.3. The highest BCUT2D eigenvalue weighted by molar-refractivity contribution is 8.18. The Labute approximate surface area is 214 Å². The summed E-state index contributed by atoms with van der Waals surface area (Å²) < 4.78 is 11.4. The topological polar surface area (TPSA) is 84.9 Å². The number of ether oxygens (including phenoxy) is 2. The second-order valence-corrected chi connectivity index (χ2v) is 9.03. The van der Waals surface area contributed by atoms with E-state index in [-0.39, 0.29) is 30.2 Å². The number of anilines is 1. The molecule has 1 N–H and O–H groups in total. The summed E-state index contributed by atoms with van der Waals surface area (Å²) in [6, 6.07) is 22.0. The van der Waals surface area contributed by atoms with E-state index >= 15 is 0 Å². The van der Waals surface area contributed by atoms with Gasteiger partial charge in [-0.15, -0.1) is 0 Å². The molecular formula is C28H26N2O5S. The Morgan fingerprint density at radius 3 is 2.47 bits per heavy atom. The minimum absolute atomic E-state index is 0.188. The van der Waals surface area contributed by atoms with Crippen molar-refractivity contribution in [3.05, 3.63) is 94.4 Å². The number of rotatable bonds is 9. The number of thioether (sulfide) groups is 1. The van der Waals surface area contributed by atoms with E-state index < -0.39 is 0 Å². The Kier molecular flexibility index (Phi) is 8.07. The molecule has 7 nitrogen and oxygen atoms in total. The van der Waals surface area contributed by atoms with Crippen LogP contribution in [0.2, 0.25) is 0 Å². The van der Waals surface area contributed by atoms with Gasteiger partial charge in [0.25, 0.3) is 17.1 Å². The van der Waals surface area contributed by atoms with Crippen molar-refractivity contribution in [1.29, 1.82) is 0 Å². The highest BCUT2D eigenvalue weighted by Crippen LogP contribution is 2.35. The van der Waals surface area contributed by atoms with E-state index in [0.717, 1.165) is 22.9 Å². The fraction of sp³-hybridized carbons (Fsp3) is 0.179. The minimum Gasteiger partial charge on any atom is -0.490 e. The average molecular weight is 503 g/mol. The molecule has 0 bridgehead atoms. The van der Waals surface area contributed by atoms with E-state index in [1.54, 1.807) is 36.4 Å². The van der Waals surface area contributed by atoms with Crippen molar-refractivity contribution in [2.24, 2.45) is 0 Å². The molecule has 3 aromatic carbocycles. The van der Waals surface area contributed by atoms with Crippen molar-refractivity contribution in [1.82, 2.24) is 4.90 Å². The Morgan fingerprint density at radius 2 is 1.72 bits per heavy atom. The number of aryl methyl sites for hydroxylation is 1. The molecule has 0 spiro atoms. The van der Waals surface area contributed by atoms with Crippen molar-refractivity contribution in [2.45, 2.75) is 20.4 Å². The molecule has 3 amide bonds. The molecule has 0 saturated carbocycles. The van der Waals surface area contributed by atoms with Gasteiger partial charge >= 0.3 is 0 Å². The number of nitrogens with zero attached hydrogens (tertiary/aromatic N) is 1. The van der Waals surface area contributed by atoms with E-state index in [9.17, 15) is 14.4 Å². The van der Waals surface area contributed by atoms with Crippen LogP contribution in [0.3, 0.4) is 0 Å². The zero-order valence-electron chi connectivity index (χ0n) is 20.0. The number of imide groups is 1. The van der Waals surface area contributed by atoms with Gasteiger partial charge < -0.3 is 14.8 Å². The zero-order valence-corrected chi connectivity index (χ0v) is 20.8. The molecular weight excluding hydrogens is 476 g/mol. The van der Waals surface area contributed by atoms with Crippen molar-refractivity contribution < 1.29 is 23.9 Å². The number of carbonyl (C=O) groups excluding carboxylic acids is 3. The molecule has 36 heavy (non-hydrogen) atoms. The summed E-state index contributed by atoms with van der Waals surface area (Å²) in [5.41, 5.74) is 3.32. The van der Waals surface area contributed by atoms with E-state index in [0.29, 0.717) is 34.3 Å². The minimum atomic E-state index is -0.330. The molecule has 1 aliphatic heterocycles. The van der Waals surface area contributed by atoms with E-state index in [1.807, 2.05) is 56.3 Å². The summed E-state index contributed by atoms with van der Waals surface area (Å²) in [6.07, 6.45) is 1.66. The van der Waals surface area contributed by atoms with Gasteiger partial charge in [-0.1, -0.05) is 48.5 Å². The molecule has 3 aromatic rings. The van der Waals surface area contributed by atoms with Gasteiger partial charge in [0.1, 0.15) is 0 Å². The van der Waals surface area contributed by atoms with Crippen molar-refractivity contribution in [2.75, 3.05) is 18.5 Å². The van der Waals surface area contributed by atoms with Crippen LogP contribution in [0.25, 0.3) is 6.08 Å². The summed E-state index contributed by atoms with van der Waals surface area (Å²) in [5.74, 6) is 0.224. The van der Waals surface area contributed by atoms with Crippen LogP contribution in [-0.4, -0.2) is 35.2 Å². The van der Waals surface area contributed by atoms with Crippen LogP contribution in [0.5, 0.6) is 11.5 Å². The maximum Gasteiger partial charge on any atom is 0.293 e. The monoisotopic (exact) mass is 502 g/mol. The van der Waals surface area contributed by atoms with Crippen LogP contribution in [0.4, 0.5) is 10.5 Å². The highest BCUT2D eigenvalue weighted by atomic mass is 32.2. The van der Waals surface area contributed by atoms with Gasteiger partial charge in [0.15, 0.2) is 18.1 Å². The molecule has 184 valence electrons. The highest BCUT2D eigenvalue weighted by Gasteiger charge is 2.35. The Bertz CT molecular complexity index is 1310. The first-order valence-electron chi connectivity index (χ1n) is 11.5. The predicted molar refractivity (Wildman–Crippen MR) is 141 cm³/mol. The molecule has 0 atom stereocenters. The van der Waals surface area contributed by atoms with Gasteiger partial charge in [-0.2, -0.15) is 0 Å². The largest absolute Gasteiger partial charge is 0.490 e. The zero-order chi connectivity index (χ0) is 25.5. The van der Waals surface area contributed by atoms with Crippen LogP contribution >= 0.6 is 11.8 Å². The lowest BCUT2D eigenvalue weighted by Crippen LogP contribution is -2.27. The van der Waals surface area contributed by atoms with Crippen molar-refractivity contribution in [3.8, 4) is 11.5 Å². The van der Waals surface area contributed by atoms with Gasteiger partial charge in [-0.05, 0) is 72.6 Å². The number of hydrogen-bond acceptors (Lipinski definition) is 6. The van der Waals surface area contributed by atoms with Gasteiger partial charge in [0.2, 0.25) is 0 Å². The van der Waals surface area contributed by atoms with Crippen LogP contribution in [0.15, 0.2) is 77.7 Å². The standard InChI is InChI=1S/C28H26N2O5S/c1-3-34-24-15-20(13-14-23(24)35-18-26(31)29-22-11-5-4-6-12-22)16-25-27(32)30(28(33)36-25)17-21-10-8-7-9-19(21)2/h4-16H,3,17-18H2,1-2H3,(H,29,31)/b25-16-. The van der Waals surface area contributed by atoms with Crippen LogP contribution in [0.1, 0.15) is 23.6 Å². The first-order chi connectivity index (χ1) is 17.4.